The van der Waals surface area contributed by atoms with Crippen molar-refractivity contribution in [2.45, 2.75) is 13.5 Å². The van der Waals surface area contributed by atoms with E-state index in [0.29, 0.717) is 6.61 Å². The Morgan fingerprint density at radius 3 is 2.67 bits per heavy atom. The van der Waals surface area contributed by atoms with Crippen LogP contribution in [0.2, 0.25) is 0 Å². The van der Waals surface area contributed by atoms with Gasteiger partial charge in [-0.2, -0.15) is 0 Å². The molecule has 0 aliphatic carbocycles. The Bertz CT molecular complexity index is 538. The first-order valence-corrected chi connectivity index (χ1v) is 5.89. The van der Waals surface area contributed by atoms with E-state index in [4.69, 9.17) is 4.74 Å². The fourth-order valence-corrected chi connectivity index (χ4v) is 1.84. The zero-order valence-corrected chi connectivity index (χ0v) is 10.6. The van der Waals surface area contributed by atoms with Gasteiger partial charge in [-0.1, -0.05) is 18.2 Å². The summed E-state index contributed by atoms with van der Waals surface area (Å²) in [6, 6.07) is 13.1. The van der Waals surface area contributed by atoms with Crippen molar-refractivity contribution in [2.75, 3.05) is 12.4 Å². The molecule has 3 nitrogen and oxygen atoms in total. The van der Waals surface area contributed by atoms with Gasteiger partial charge in [-0.05, 0) is 36.8 Å². The normalized spacial score (nSPS) is 10.1. The van der Waals surface area contributed by atoms with E-state index in [1.54, 1.807) is 18.2 Å². The molecule has 0 bridgehead atoms. The maximum atomic E-state index is 9.34. The molecule has 2 rings (SSSR count). The van der Waals surface area contributed by atoms with E-state index in [9.17, 15) is 5.11 Å². The van der Waals surface area contributed by atoms with Crippen molar-refractivity contribution in [3.8, 4) is 11.5 Å². The lowest BCUT2D eigenvalue weighted by Crippen LogP contribution is -2.01. The average Bonchev–Trinajstić information content (AvgIpc) is 2.38. The highest BCUT2D eigenvalue weighted by atomic mass is 16.5. The van der Waals surface area contributed by atoms with Gasteiger partial charge >= 0.3 is 0 Å². The molecule has 94 valence electrons. The number of phenolic OH excluding ortho intramolecular Hbond substituents is 1. The maximum Gasteiger partial charge on any atom is 0.122 e. The molecule has 0 aliphatic heterocycles. The third-order valence-corrected chi connectivity index (χ3v) is 2.83. The minimum absolute atomic E-state index is 0.260. The monoisotopic (exact) mass is 243 g/mol. The van der Waals surface area contributed by atoms with Crippen LogP contribution >= 0.6 is 0 Å². The Hall–Kier alpha value is -2.16. The van der Waals surface area contributed by atoms with Crippen LogP contribution in [0, 0.1) is 6.92 Å². The highest BCUT2D eigenvalue weighted by molar-refractivity contribution is 5.50. The van der Waals surface area contributed by atoms with Crippen molar-refractivity contribution >= 4 is 5.69 Å². The van der Waals surface area contributed by atoms with Gasteiger partial charge in [-0.3, -0.25) is 0 Å². The second kappa shape index (κ2) is 5.45. The topological polar surface area (TPSA) is 41.5 Å². The van der Waals surface area contributed by atoms with E-state index < -0.39 is 0 Å². The number of nitrogens with one attached hydrogen (secondary N) is 1. The van der Waals surface area contributed by atoms with Crippen LogP contribution in [-0.2, 0) is 6.61 Å². The van der Waals surface area contributed by atoms with Gasteiger partial charge in [-0.25, -0.2) is 0 Å². The third-order valence-electron chi connectivity index (χ3n) is 2.83. The van der Waals surface area contributed by atoms with Crippen molar-refractivity contribution < 1.29 is 9.84 Å². The van der Waals surface area contributed by atoms with E-state index in [-0.39, 0.29) is 5.75 Å². The molecule has 0 amide bonds. The first-order chi connectivity index (χ1) is 8.70. The van der Waals surface area contributed by atoms with Crippen LogP contribution in [0.25, 0.3) is 0 Å². The van der Waals surface area contributed by atoms with Crippen LogP contribution < -0.4 is 10.1 Å². The SMILES string of the molecule is CNc1ccccc1COc1ccc(O)cc1C. The number of aryl methyl sites for hydroxylation is 1. The molecule has 2 aromatic rings. The molecule has 18 heavy (non-hydrogen) atoms. The molecule has 0 saturated heterocycles. The summed E-state index contributed by atoms with van der Waals surface area (Å²) in [5.74, 6) is 1.05. The summed E-state index contributed by atoms with van der Waals surface area (Å²) in [6.07, 6.45) is 0. The molecule has 0 aromatic heterocycles. The van der Waals surface area contributed by atoms with Crippen molar-refractivity contribution in [2.24, 2.45) is 0 Å². The Morgan fingerprint density at radius 1 is 1.17 bits per heavy atom. The number of hydrogen-bond donors (Lipinski definition) is 2. The summed E-state index contributed by atoms with van der Waals surface area (Å²) in [5, 5.41) is 12.5. The molecular formula is C15H17NO2. The number of ether oxygens (including phenoxy) is 1. The lowest BCUT2D eigenvalue weighted by molar-refractivity contribution is 0.304. The lowest BCUT2D eigenvalue weighted by atomic mass is 10.2. The van der Waals surface area contributed by atoms with Crippen LogP contribution in [0.4, 0.5) is 5.69 Å². The van der Waals surface area contributed by atoms with Crippen molar-refractivity contribution in [1.82, 2.24) is 0 Å². The zero-order valence-electron chi connectivity index (χ0n) is 10.6. The number of para-hydroxylation sites is 1. The number of rotatable bonds is 4. The molecule has 2 N–H and O–H groups in total. The van der Waals surface area contributed by atoms with Gasteiger partial charge in [-0.15, -0.1) is 0 Å². The molecule has 0 fully saturated rings. The molecule has 0 saturated carbocycles. The fraction of sp³-hybridized carbons (Fsp3) is 0.200. The molecule has 0 radical (unpaired) electrons. The Morgan fingerprint density at radius 2 is 1.94 bits per heavy atom. The highest BCUT2D eigenvalue weighted by Gasteiger charge is 2.03. The van der Waals surface area contributed by atoms with Crippen LogP contribution in [0.15, 0.2) is 42.5 Å². The second-order valence-electron chi connectivity index (χ2n) is 4.15. The molecular weight excluding hydrogens is 226 g/mol. The van der Waals surface area contributed by atoms with Gasteiger partial charge in [0.15, 0.2) is 0 Å². The molecule has 0 atom stereocenters. The number of benzene rings is 2. The number of aromatic hydroxyl groups is 1. The summed E-state index contributed by atoms with van der Waals surface area (Å²) in [7, 11) is 1.89. The molecule has 2 aromatic carbocycles. The summed E-state index contributed by atoms with van der Waals surface area (Å²) in [5.41, 5.74) is 3.10. The minimum Gasteiger partial charge on any atom is -0.508 e. The van der Waals surface area contributed by atoms with Crippen molar-refractivity contribution in [1.29, 1.82) is 0 Å². The summed E-state index contributed by atoms with van der Waals surface area (Å²) < 4.78 is 5.77. The van der Waals surface area contributed by atoms with Crippen LogP contribution in [-0.4, -0.2) is 12.2 Å². The molecule has 0 aliphatic rings. The van der Waals surface area contributed by atoms with Gasteiger partial charge in [0.2, 0.25) is 0 Å². The Balaban J connectivity index is 2.11. The minimum atomic E-state index is 0.260. The predicted octanol–water partition coefficient (Wildman–Crippen LogP) is 3.32. The van der Waals surface area contributed by atoms with E-state index in [2.05, 4.69) is 5.32 Å². The van der Waals surface area contributed by atoms with Gasteiger partial charge in [0.25, 0.3) is 0 Å². The standard InChI is InChI=1S/C15H17NO2/c1-11-9-13(17)7-8-15(11)18-10-12-5-3-4-6-14(12)16-2/h3-9,16-17H,10H2,1-2H3. The van der Waals surface area contributed by atoms with E-state index in [1.165, 1.54) is 0 Å². The Kier molecular flexibility index (Phi) is 3.72. The number of hydrogen-bond acceptors (Lipinski definition) is 3. The zero-order chi connectivity index (χ0) is 13.0. The molecule has 0 spiro atoms. The van der Waals surface area contributed by atoms with Crippen molar-refractivity contribution in [3.05, 3.63) is 53.6 Å². The average molecular weight is 243 g/mol. The third kappa shape index (κ3) is 2.74. The van der Waals surface area contributed by atoms with Gasteiger partial charge < -0.3 is 15.2 Å². The van der Waals surface area contributed by atoms with Gasteiger partial charge in [0.05, 0.1) is 0 Å². The van der Waals surface area contributed by atoms with Crippen LogP contribution in [0.5, 0.6) is 11.5 Å². The molecule has 0 heterocycles. The highest BCUT2D eigenvalue weighted by Crippen LogP contribution is 2.24. The predicted molar refractivity (Wildman–Crippen MR) is 73.2 cm³/mol. The molecule has 0 unspecified atom stereocenters. The quantitative estimate of drug-likeness (QED) is 0.865. The van der Waals surface area contributed by atoms with Gasteiger partial charge in [0, 0.05) is 18.3 Å². The largest absolute Gasteiger partial charge is 0.508 e. The first kappa shape index (κ1) is 12.3. The Labute approximate surface area is 107 Å². The fourth-order valence-electron chi connectivity index (χ4n) is 1.84. The van der Waals surface area contributed by atoms with Crippen LogP contribution in [0.3, 0.4) is 0 Å². The smallest absolute Gasteiger partial charge is 0.122 e. The lowest BCUT2D eigenvalue weighted by Gasteiger charge is -2.12. The maximum absolute atomic E-state index is 9.34. The first-order valence-electron chi connectivity index (χ1n) is 5.89. The van der Waals surface area contributed by atoms with Crippen molar-refractivity contribution in [3.63, 3.8) is 0 Å². The summed E-state index contributed by atoms with van der Waals surface area (Å²) in [4.78, 5) is 0. The van der Waals surface area contributed by atoms with E-state index >= 15 is 0 Å². The summed E-state index contributed by atoms with van der Waals surface area (Å²) >= 11 is 0. The van der Waals surface area contributed by atoms with Crippen LogP contribution in [0.1, 0.15) is 11.1 Å². The summed E-state index contributed by atoms with van der Waals surface area (Å²) in [6.45, 7) is 2.42. The second-order valence-corrected chi connectivity index (χ2v) is 4.15. The number of phenols is 1. The van der Waals surface area contributed by atoms with Gasteiger partial charge in [0.1, 0.15) is 18.1 Å². The van der Waals surface area contributed by atoms with E-state index in [0.717, 1.165) is 22.6 Å². The number of anilines is 1. The van der Waals surface area contributed by atoms with E-state index in [1.807, 2.05) is 38.2 Å². The molecule has 3 heteroatoms.